The van der Waals surface area contributed by atoms with Gasteiger partial charge in [-0.3, -0.25) is 4.57 Å². The summed E-state index contributed by atoms with van der Waals surface area (Å²) in [6, 6.07) is 1.94. The number of primary sulfonamides is 1. The van der Waals surface area contributed by atoms with Crippen LogP contribution in [0.4, 0.5) is 0 Å². The first-order valence-electron chi connectivity index (χ1n) is 4.38. The number of nitrogens with zero attached hydrogens (tertiary/aromatic N) is 3. The minimum absolute atomic E-state index is 0.227. The summed E-state index contributed by atoms with van der Waals surface area (Å²) in [5, 5.41) is 14.1. The molecule has 0 spiro atoms. The highest BCUT2D eigenvalue weighted by atomic mass is 32.2. The van der Waals surface area contributed by atoms with Gasteiger partial charge in [0.1, 0.15) is 0 Å². The molecule has 0 aliphatic rings. The molecule has 0 aliphatic heterocycles. The van der Waals surface area contributed by atoms with Crippen LogP contribution in [-0.2, 0) is 17.1 Å². The number of rotatable bonds is 2. The summed E-state index contributed by atoms with van der Waals surface area (Å²) >= 11 is 1.48. The molecule has 0 aliphatic carbocycles. The smallest absolute Gasteiger partial charge is 0.273 e. The van der Waals surface area contributed by atoms with Gasteiger partial charge in [0.25, 0.3) is 15.2 Å². The second kappa shape index (κ2) is 3.65. The van der Waals surface area contributed by atoms with Crippen molar-refractivity contribution in [3.05, 3.63) is 17.0 Å². The van der Waals surface area contributed by atoms with Crippen molar-refractivity contribution in [3.8, 4) is 10.7 Å². The Morgan fingerprint density at radius 2 is 2.12 bits per heavy atom. The van der Waals surface area contributed by atoms with Crippen LogP contribution in [0, 0.1) is 6.92 Å². The lowest BCUT2D eigenvalue weighted by molar-refractivity contribution is 0.580. The van der Waals surface area contributed by atoms with Crippen molar-refractivity contribution in [2.75, 3.05) is 0 Å². The summed E-state index contributed by atoms with van der Waals surface area (Å²) in [7, 11) is -2.24. The van der Waals surface area contributed by atoms with E-state index in [1.807, 2.05) is 18.4 Å². The Morgan fingerprint density at radius 1 is 1.44 bits per heavy atom. The molecule has 2 aromatic rings. The Hall–Kier alpha value is -1.25. The lowest BCUT2D eigenvalue weighted by Gasteiger charge is -2.01. The Labute approximate surface area is 96.8 Å². The molecule has 0 amide bonds. The third kappa shape index (κ3) is 1.75. The van der Waals surface area contributed by atoms with Gasteiger partial charge in [0.2, 0.25) is 0 Å². The SMILES string of the molecule is Cc1ccsc1-c1nnc(S(N)(=O)=O)n1C. The lowest BCUT2D eigenvalue weighted by Crippen LogP contribution is -2.17. The van der Waals surface area contributed by atoms with Crippen LogP contribution < -0.4 is 5.14 Å². The number of aryl methyl sites for hydroxylation is 1. The molecule has 0 fully saturated rings. The first-order valence-corrected chi connectivity index (χ1v) is 6.80. The van der Waals surface area contributed by atoms with Crippen molar-refractivity contribution in [1.82, 2.24) is 14.8 Å². The zero-order valence-corrected chi connectivity index (χ0v) is 10.3. The van der Waals surface area contributed by atoms with Crippen LogP contribution in [0.15, 0.2) is 16.6 Å². The molecule has 0 aromatic carbocycles. The fourth-order valence-electron chi connectivity index (χ4n) is 1.36. The maximum absolute atomic E-state index is 11.2. The number of nitrogens with two attached hydrogens (primary N) is 1. The Balaban J connectivity index is 2.63. The van der Waals surface area contributed by atoms with Crippen molar-refractivity contribution in [1.29, 1.82) is 0 Å². The molecule has 0 saturated heterocycles. The van der Waals surface area contributed by atoms with Gasteiger partial charge in [-0.15, -0.1) is 21.5 Å². The van der Waals surface area contributed by atoms with Crippen molar-refractivity contribution >= 4 is 21.4 Å². The summed E-state index contributed by atoms with van der Waals surface area (Å²) in [6.07, 6.45) is 0. The van der Waals surface area contributed by atoms with Gasteiger partial charge in [-0.1, -0.05) is 0 Å². The van der Waals surface area contributed by atoms with Gasteiger partial charge in [-0.2, -0.15) is 0 Å². The molecule has 2 aromatic heterocycles. The minimum atomic E-state index is -3.82. The largest absolute Gasteiger partial charge is 0.299 e. The third-order valence-corrected chi connectivity index (χ3v) is 4.03. The van der Waals surface area contributed by atoms with E-state index in [-0.39, 0.29) is 5.16 Å². The third-order valence-electron chi connectivity index (χ3n) is 2.15. The van der Waals surface area contributed by atoms with Gasteiger partial charge in [0.15, 0.2) is 5.82 Å². The zero-order chi connectivity index (χ0) is 11.9. The maximum Gasteiger partial charge on any atom is 0.273 e. The van der Waals surface area contributed by atoms with E-state index in [4.69, 9.17) is 5.14 Å². The topological polar surface area (TPSA) is 90.9 Å². The molecule has 6 nitrogen and oxygen atoms in total. The van der Waals surface area contributed by atoms with E-state index in [0.717, 1.165) is 10.4 Å². The van der Waals surface area contributed by atoms with E-state index in [1.54, 1.807) is 7.05 Å². The average Bonchev–Trinajstić information content (AvgIpc) is 2.70. The summed E-state index contributed by atoms with van der Waals surface area (Å²) < 4.78 is 23.7. The van der Waals surface area contributed by atoms with E-state index in [2.05, 4.69) is 10.2 Å². The first-order chi connectivity index (χ1) is 7.41. The fraction of sp³-hybridized carbons (Fsp3) is 0.250. The molecule has 2 heterocycles. The van der Waals surface area contributed by atoms with Crippen molar-refractivity contribution in [2.45, 2.75) is 12.1 Å². The molecule has 0 saturated carbocycles. The van der Waals surface area contributed by atoms with E-state index in [1.165, 1.54) is 15.9 Å². The quantitative estimate of drug-likeness (QED) is 0.849. The minimum Gasteiger partial charge on any atom is -0.299 e. The van der Waals surface area contributed by atoms with Crippen LogP contribution in [0.3, 0.4) is 0 Å². The molecule has 8 heteroatoms. The molecule has 0 radical (unpaired) electrons. The van der Waals surface area contributed by atoms with Gasteiger partial charge in [0, 0.05) is 7.05 Å². The molecule has 0 bridgehead atoms. The highest BCUT2D eigenvalue weighted by Crippen LogP contribution is 2.27. The maximum atomic E-state index is 11.2. The lowest BCUT2D eigenvalue weighted by atomic mass is 10.3. The van der Waals surface area contributed by atoms with E-state index in [9.17, 15) is 8.42 Å². The molecular weight excluding hydrogens is 248 g/mol. The Bertz CT molecular complexity index is 626. The molecule has 16 heavy (non-hydrogen) atoms. The number of thiophene rings is 1. The highest BCUT2D eigenvalue weighted by Gasteiger charge is 2.20. The van der Waals surface area contributed by atoms with Gasteiger partial charge in [-0.25, -0.2) is 13.6 Å². The van der Waals surface area contributed by atoms with Crippen molar-refractivity contribution in [3.63, 3.8) is 0 Å². The van der Waals surface area contributed by atoms with Crippen LogP contribution in [0.1, 0.15) is 5.56 Å². The van der Waals surface area contributed by atoms with Crippen LogP contribution in [0.5, 0.6) is 0 Å². The summed E-state index contributed by atoms with van der Waals surface area (Å²) in [5.74, 6) is 0.511. The summed E-state index contributed by atoms with van der Waals surface area (Å²) in [4.78, 5) is 0.893. The Morgan fingerprint density at radius 3 is 2.56 bits per heavy atom. The van der Waals surface area contributed by atoms with Crippen LogP contribution >= 0.6 is 11.3 Å². The van der Waals surface area contributed by atoms with Gasteiger partial charge >= 0.3 is 0 Å². The number of sulfonamides is 1. The van der Waals surface area contributed by atoms with Crippen molar-refractivity contribution in [2.24, 2.45) is 12.2 Å². The molecule has 0 atom stereocenters. The predicted molar refractivity (Wildman–Crippen MR) is 60.4 cm³/mol. The second-order valence-corrected chi connectivity index (χ2v) is 5.71. The number of hydrogen-bond acceptors (Lipinski definition) is 5. The average molecular weight is 258 g/mol. The molecule has 86 valence electrons. The molecular formula is C8H10N4O2S2. The standard InChI is InChI=1S/C8H10N4O2S2/c1-5-3-4-15-6(5)7-10-11-8(12(7)2)16(9,13)14/h3-4H,1-2H3,(H2,9,13,14). The summed E-state index contributed by atoms with van der Waals surface area (Å²) in [6.45, 7) is 1.93. The zero-order valence-electron chi connectivity index (χ0n) is 8.71. The molecule has 2 rings (SSSR count). The monoisotopic (exact) mass is 258 g/mol. The summed E-state index contributed by atoms with van der Waals surface area (Å²) in [5.41, 5.74) is 1.03. The van der Waals surface area contributed by atoms with E-state index in [0.29, 0.717) is 5.82 Å². The van der Waals surface area contributed by atoms with E-state index >= 15 is 0 Å². The number of hydrogen-bond donors (Lipinski definition) is 1. The molecule has 0 unspecified atom stereocenters. The van der Waals surface area contributed by atoms with Crippen molar-refractivity contribution < 1.29 is 8.42 Å². The van der Waals surface area contributed by atoms with Gasteiger partial charge < -0.3 is 0 Å². The van der Waals surface area contributed by atoms with Crippen LogP contribution in [0.25, 0.3) is 10.7 Å². The first kappa shape index (κ1) is 11.2. The van der Waals surface area contributed by atoms with E-state index < -0.39 is 10.0 Å². The van der Waals surface area contributed by atoms with Gasteiger partial charge in [-0.05, 0) is 23.9 Å². The molecule has 2 N–H and O–H groups in total. The van der Waals surface area contributed by atoms with Gasteiger partial charge in [0.05, 0.1) is 4.88 Å². The highest BCUT2D eigenvalue weighted by molar-refractivity contribution is 7.89. The fourth-order valence-corrected chi connectivity index (χ4v) is 2.93. The second-order valence-electron chi connectivity index (χ2n) is 3.34. The van der Waals surface area contributed by atoms with Crippen LogP contribution in [0.2, 0.25) is 0 Å². The Kier molecular flexibility index (Phi) is 2.56. The predicted octanol–water partition coefficient (Wildman–Crippen LogP) is 0.499. The number of aromatic nitrogens is 3. The van der Waals surface area contributed by atoms with Crippen LogP contribution in [-0.4, -0.2) is 23.2 Å². The normalized spacial score (nSPS) is 11.9.